The Morgan fingerprint density at radius 1 is 1.05 bits per heavy atom. The van der Waals surface area contributed by atoms with Crippen molar-refractivity contribution in [2.45, 2.75) is 83.0 Å². The standard InChI is InChI=1S/C43H47ClN4O9/c1-26-31(6-4-9-36(26)55-17-5-14-48-15-12-43(54,13-16-48)42(52)53)32-7-3-8-34-33(32)10-11-37(34)57-39-20-38(56-25-29-18-28(21-45)22-46-23-29)30(19-35(39)44)24-47-40(27(2)49)41(50)51/h3-4,6-9,18-20,22-23,27,37,40,47,49,54H,5,10-17,24-25H2,1-2H3,(H,50,51)(H,52,53)/t27-,37+,40+/m1/s1. The Kier molecular flexibility index (Phi) is 13.3. The third-order valence-electron chi connectivity index (χ3n) is 10.7. The van der Waals surface area contributed by atoms with Crippen LogP contribution in [0.1, 0.15) is 72.1 Å². The SMILES string of the molecule is Cc1c(OCCCN2CCC(O)(C(=O)O)CC2)cccc1-c1cccc2c1CC[C@@H]2Oc1cc(OCc2cncc(C#N)c2)c(CN[C@H](C(=O)O)[C@@H](C)O)cc1Cl. The van der Waals surface area contributed by atoms with Crippen LogP contribution >= 0.6 is 11.6 Å². The van der Waals surface area contributed by atoms with E-state index in [4.69, 9.17) is 25.8 Å². The van der Waals surface area contributed by atoms with Gasteiger partial charge in [-0.2, -0.15) is 5.26 Å². The number of rotatable bonds is 17. The maximum absolute atomic E-state index is 11.8. The molecule has 2 aliphatic rings. The summed E-state index contributed by atoms with van der Waals surface area (Å²) in [6.45, 7) is 5.86. The lowest BCUT2D eigenvalue weighted by molar-refractivity contribution is -0.163. The summed E-state index contributed by atoms with van der Waals surface area (Å²) >= 11 is 6.82. The van der Waals surface area contributed by atoms with Gasteiger partial charge in [0, 0.05) is 55.8 Å². The van der Waals surface area contributed by atoms with Crippen LogP contribution in [0.5, 0.6) is 17.2 Å². The first-order valence-corrected chi connectivity index (χ1v) is 19.4. The van der Waals surface area contributed by atoms with Crippen molar-refractivity contribution in [1.29, 1.82) is 5.26 Å². The fourth-order valence-corrected chi connectivity index (χ4v) is 7.68. The molecular formula is C43H47ClN4O9. The molecule has 0 bridgehead atoms. The lowest BCUT2D eigenvalue weighted by atomic mass is 9.91. The van der Waals surface area contributed by atoms with Crippen LogP contribution in [0.2, 0.25) is 5.02 Å². The van der Waals surface area contributed by atoms with E-state index in [-0.39, 0.29) is 32.1 Å². The van der Waals surface area contributed by atoms with Crippen LogP contribution in [0.25, 0.3) is 11.1 Å². The lowest BCUT2D eigenvalue weighted by Gasteiger charge is -2.35. The summed E-state index contributed by atoms with van der Waals surface area (Å²) in [6, 6.07) is 18.1. The quantitative estimate of drug-likeness (QED) is 0.0802. The highest BCUT2D eigenvalue weighted by atomic mass is 35.5. The summed E-state index contributed by atoms with van der Waals surface area (Å²) < 4.78 is 19.1. The molecular weight excluding hydrogens is 752 g/mol. The van der Waals surface area contributed by atoms with Gasteiger partial charge in [-0.1, -0.05) is 41.9 Å². The van der Waals surface area contributed by atoms with Crippen LogP contribution in [-0.4, -0.2) is 86.2 Å². The summed E-state index contributed by atoms with van der Waals surface area (Å²) in [5.74, 6) is -0.781. The van der Waals surface area contributed by atoms with Gasteiger partial charge in [0.15, 0.2) is 5.60 Å². The molecule has 13 nitrogen and oxygen atoms in total. The number of halogens is 1. The van der Waals surface area contributed by atoms with Crippen LogP contribution in [0, 0.1) is 18.3 Å². The van der Waals surface area contributed by atoms with Gasteiger partial charge in [-0.25, -0.2) is 4.79 Å². The molecule has 2 heterocycles. The van der Waals surface area contributed by atoms with E-state index in [1.807, 2.05) is 18.2 Å². The van der Waals surface area contributed by atoms with Crippen molar-refractivity contribution in [3.63, 3.8) is 0 Å². The molecule has 14 heteroatoms. The summed E-state index contributed by atoms with van der Waals surface area (Å²) in [5.41, 5.74) is 5.36. The second-order valence-corrected chi connectivity index (χ2v) is 15.0. The van der Waals surface area contributed by atoms with Gasteiger partial charge in [-0.05, 0) is 92.0 Å². The first-order valence-electron chi connectivity index (χ1n) is 19.0. The number of nitrogens with zero attached hydrogens (tertiary/aromatic N) is 3. The molecule has 1 aliphatic heterocycles. The Morgan fingerprint density at radius 2 is 1.81 bits per heavy atom. The molecule has 0 amide bonds. The maximum atomic E-state index is 11.8. The number of piperidine rings is 1. The number of aliphatic carboxylic acids is 2. The number of aliphatic hydroxyl groups excluding tert-OH is 1. The average Bonchev–Trinajstić information content (AvgIpc) is 3.61. The zero-order valence-corrected chi connectivity index (χ0v) is 32.7. The van der Waals surface area contributed by atoms with Crippen LogP contribution in [0.3, 0.4) is 0 Å². The summed E-state index contributed by atoms with van der Waals surface area (Å²) in [5, 5.41) is 51.6. The molecule has 3 aromatic carbocycles. The predicted octanol–water partition coefficient (Wildman–Crippen LogP) is 5.83. The second-order valence-electron chi connectivity index (χ2n) is 14.6. The van der Waals surface area contributed by atoms with Crippen molar-refractivity contribution >= 4 is 23.5 Å². The number of carboxylic acids is 2. The second kappa shape index (κ2) is 18.4. The van der Waals surface area contributed by atoms with Crippen molar-refractivity contribution in [3.8, 4) is 34.4 Å². The van der Waals surface area contributed by atoms with Crippen LogP contribution < -0.4 is 19.5 Å². The summed E-state index contributed by atoms with van der Waals surface area (Å²) in [4.78, 5) is 29.4. The largest absolute Gasteiger partial charge is 0.493 e. The zero-order chi connectivity index (χ0) is 40.7. The highest BCUT2D eigenvalue weighted by molar-refractivity contribution is 6.32. The number of hydrogen-bond acceptors (Lipinski definition) is 11. The van der Waals surface area contributed by atoms with E-state index < -0.39 is 29.7 Å². The molecule has 57 heavy (non-hydrogen) atoms. The number of nitriles is 1. The van der Waals surface area contributed by atoms with Gasteiger partial charge in [0.25, 0.3) is 0 Å². The molecule has 1 aliphatic carbocycles. The molecule has 3 atom stereocenters. The van der Waals surface area contributed by atoms with Crippen LogP contribution in [0.15, 0.2) is 67.0 Å². The topological polar surface area (TPSA) is 195 Å². The van der Waals surface area contributed by atoms with Crippen molar-refractivity contribution in [3.05, 3.63) is 105 Å². The molecule has 1 aromatic heterocycles. The smallest absolute Gasteiger partial charge is 0.335 e. The molecule has 300 valence electrons. The molecule has 5 N–H and O–H groups in total. The summed E-state index contributed by atoms with van der Waals surface area (Å²) in [6.07, 6.45) is 4.27. The number of carbonyl (C=O) groups is 2. The third-order valence-corrected chi connectivity index (χ3v) is 11.0. The first kappa shape index (κ1) is 41.4. The van der Waals surface area contributed by atoms with Gasteiger partial charge in [0.05, 0.1) is 23.3 Å². The Bertz CT molecular complexity index is 2130. The van der Waals surface area contributed by atoms with E-state index >= 15 is 0 Å². The Labute approximate surface area is 336 Å². The molecule has 0 unspecified atom stereocenters. The van der Waals surface area contributed by atoms with Crippen molar-refractivity contribution in [1.82, 2.24) is 15.2 Å². The van der Waals surface area contributed by atoms with Crippen molar-refractivity contribution < 1.29 is 44.2 Å². The van der Waals surface area contributed by atoms with Gasteiger partial charge in [-0.3, -0.25) is 15.1 Å². The fourth-order valence-electron chi connectivity index (χ4n) is 7.45. The van der Waals surface area contributed by atoms with Gasteiger partial charge >= 0.3 is 11.9 Å². The normalized spacial score (nSPS) is 17.2. The highest BCUT2D eigenvalue weighted by Crippen LogP contribution is 2.44. The molecule has 1 fully saturated rings. The van der Waals surface area contributed by atoms with E-state index in [1.165, 1.54) is 18.7 Å². The van der Waals surface area contributed by atoms with E-state index in [2.05, 4.69) is 46.4 Å². The minimum atomic E-state index is -1.63. The number of likely N-dealkylation sites (tertiary alicyclic amines) is 1. The molecule has 0 radical (unpaired) electrons. The molecule has 6 rings (SSSR count). The van der Waals surface area contributed by atoms with Gasteiger partial charge in [0.2, 0.25) is 0 Å². The first-order chi connectivity index (χ1) is 27.4. The van der Waals surface area contributed by atoms with Gasteiger partial charge in [0.1, 0.15) is 42.1 Å². The fraction of sp³-hybridized carbons (Fsp3) is 0.395. The van der Waals surface area contributed by atoms with E-state index in [0.717, 1.165) is 47.4 Å². The number of pyridine rings is 1. The van der Waals surface area contributed by atoms with E-state index in [0.29, 0.717) is 59.3 Å². The monoisotopic (exact) mass is 798 g/mol. The van der Waals surface area contributed by atoms with E-state index in [9.17, 15) is 35.3 Å². The molecule has 0 saturated carbocycles. The zero-order valence-electron chi connectivity index (χ0n) is 31.9. The number of carboxylic acid groups (broad SMARTS) is 2. The van der Waals surface area contributed by atoms with Crippen molar-refractivity contribution in [2.75, 3.05) is 26.2 Å². The number of fused-ring (bicyclic) bond motifs is 1. The Hall–Kier alpha value is -5.23. The number of nitrogens with one attached hydrogen (secondary N) is 1. The molecule has 1 saturated heterocycles. The Balaban J connectivity index is 1.16. The highest BCUT2D eigenvalue weighted by Gasteiger charge is 2.39. The van der Waals surface area contributed by atoms with Gasteiger partial charge in [-0.15, -0.1) is 0 Å². The third kappa shape index (κ3) is 9.84. The Morgan fingerprint density at radius 3 is 2.53 bits per heavy atom. The average molecular weight is 799 g/mol. The molecule has 0 spiro atoms. The van der Waals surface area contributed by atoms with E-state index in [1.54, 1.807) is 24.4 Å². The van der Waals surface area contributed by atoms with Crippen molar-refractivity contribution in [2.24, 2.45) is 0 Å². The van der Waals surface area contributed by atoms with Crippen LogP contribution in [0.4, 0.5) is 0 Å². The maximum Gasteiger partial charge on any atom is 0.335 e. The number of benzene rings is 3. The number of hydrogen-bond donors (Lipinski definition) is 5. The number of ether oxygens (including phenoxy) is 3. The van der Waals surface area contributed by atoms with Crippen LogP contribution in [-0.2, 0) is 29.2 Å². The molecule has 4 aromatic rings. The summed E-state index contributed by atoms with van der Waals surface area (Å²) in [7, 11) is 0. The predicted molar refractivity (Wildman–Crippen MR) is 211 cm³/mol. The minimum Gasteiger partial charge on any atom is -0.493 e. The number of aromatic nitrogens is 1. The van der Waals surface area contributed by atoms with Gasteiger partial charge < -0.3 is 39.5 Å². The number of aliphatic hydroxyl groups is 2. The minimum absolute atomic E-state index is 0.0314. The lowest BCUT2D eigenvalue weighted by Crippen LogP contribution is -2.49.